The summed E-state index contributed by atoms with van der Waals surface area (Å²) in [5.41, 5.74) is 0.363. The largest absolute Gasteiger partial charge is 0.474 e. The summed E-state index contributed by atoms with van der Waals surface area (Å²) in [5, 5.41) is 5.09. The summed E-state index contributed by atoms with van der Waals surface area (Å²) >= 11 is 5.04. The van der Waals surface area contributed by atoms with Crippen molar-refractivity contribution in [3.05, 3.63) is 7.05 Å². The first-order valence-corrected chi connectivity index (χ1v) is 11.0. The van der Waals surface area contributed by atoms with Crippen LogP contribution in [0.4, 0.5) is 0 Å². The van der Waals surface area contributed by atoms with Crippen LogP contribution in [0.3, 0.4) is 0 Å². The SMILES string of the molecule is [CH2-][NH2+]C1(C)C(C)CC2CC(C)C3CCC(C)(N=C=S)C4CCC1C2C34. The fraction of sp³-hybridized carbons (Fsp3) is 0.909. The van der Waals surface area contributed by atoms with E-state index in [0.29, 0.717) is 5.54 Å². The Labute approximate surface area is 159 Å². The summed E-state index contributed by atoms with van der Waals surface area (Å²) in [6.07, 6.45) is 8.10. The molecule has 4 aliphatic carbocycles. The van der Waals surface area contributed by atoms with Gasteiger partial charge in [0.25, 0.3) is 0 Å². The molecule has 4 rings (SSSR count). The number of thiocarbonyl (C=S) groups is 1. The second-order valence-electron chi connectivity index (χ2n) is 10.4. The molecule has 4 fully saturated rings. The van der Waals surface area contributed by atoms with Crippen molar-refractivity contribution >= 4 is 17.4 Å². The molecule has 0 aliphatic heterocycles. The monoisotopic (exact) mass is 360 g/mol. The lowest BCUT2D eigenvalue weighted by atomic mass is 9.40. The van der Waals surface area contributed by atoms with E-state index in [0.717, 1.165) is 47.3 Å². The maximum atomic E-state index is 5.04. The maximum Gasteiger partial charge on any atom is 0.0752 e. The zero-order valence-electron chi connectivity index (χ0n) is 16.5. The minimum Gasteiger partial charge on any atom is -0.474 e. The average molecular weight is 361 g/mol. The fourth-order valence-electron chi connectivity index (χ4n) is 8.19. The van der Waals surface area contributed by atoms with Crippen LogP contribution in [0.2, 0.25) is 0 Å². The van der Waals surface area contributed by atoms with E-state index in [2.05, 4.69) is 45.2 Å². The Bertz CT molecular complexity index is 585. The van der Waals surface area contributed by atoms with E-state index >= 15 is 0 Å². The van der Waals surface area contributed by atoms with Crippen molar-refractivity contribution in [1.29, 1.82) is 0 Å². The molecule has 3 heteroatoms. The number of isothiocyanates is 1. The van der Waals surface area contributed by atoms with E-state index in [9.17, 15) is 0 Å². The second-order valence-corrected chi connectivity index (χ2v) is 10.6. The fourth-order valence-corrected chi connectivity index (χ4v) is 8.40. The van der Waals surface area contributed by atoms with Gasteiger partial charge in [-0.2, -0.15) is 7.05 Å². The van der Waals surface area contributed by atoms with Gasteiger partial charge < -0.3 is 5.32 Å². The molecular weight excluding hydrogens is 324 g/mol. The third-order valence-corrected chi connectivity index (χ3v) is 9.74. The number of quaternary nitrogens is 1. The lowest BCUT2D eigenvalue weighted by Gasteiger charge is -2.66. The zero-order valence-corrected chi connectivity index (χ0v) is 17.3. The Hall–Kier alpha value is -0.240. The predicted octanol–water partition coefficient (Wildman–Crippen LogP) is 4.33. The van der Waals surface area contributed by atoms with E-state index in [1.807, 2.05) is 0 Å². The highest BCUT2D eigenvalue weighted by Gasteiger charge is 2.63. The van der Waals surface area contributed by atoms with E-state index in [4.69, 9.17) is 17.2 Å². The number of rotatable bonds is 2. The van der Waals surface area contributed by atoms with Gasteiger partial charge in [0.15, 0.2) is 0 Å². The number of hydrogen-bond acceptors (Lipinski definition) is 2. The highest BCUT2D eigenvalue weighted by Crippen LogP contribution is 2.65. The van der Waals surface area contributed by atoms with Gasteiger partial charge >= 0.3 is 0 Å². The zero-order chi connectivity index (χ0) is 18.0. The molecule has 0 radical (unpaired) electrons. The van der Waals surface area contributed by atoms with Crippen molar-refractivity contribution in [2.75, 3.05) is 0 Å². The van der Waals surface area contributed by atoms with Gasteiger partial charge in [0.2, 0.25) is 0 Å². The van der Waals surface area contributed by atoms with Crippen molar-refractivity contribution in [3.8, 4) is 0 Å². The lowest BCUT2D eigenvalue weighted by molar-refractivity contribution is -0.696. The number of nitrogens with zero attached hydrogens (tertiary/aromatic N) is 1. The molecule has 4 aliphatic rings. The first-order chi connectivity index (χ1) is 11.9. The number of hydrogen-bond donors (Lipinski definition) is 1. The summed E-state index contributed by atoms with van der Waals surface area (Å²) in [6.45, 7) is 9.91. The van der Waals surface area contributed by atoms with Crippen LogP contribution in [0.5, 0.6) is 0 Å². The van der Waals surface area contributed by atoms with Crippen molar-refractivity contribution in [2.24, 2.45) is 52.3 Å². The molecule has 2 nitrogen and oxygen atoms in total. The minimum atomic E-state index is 0.0448. The third kappa shape index (κ3) is 2.45. The Morgan fingerprint density at radius 2 is 1.80 bits per heavy atom. The molecular formula is C22H36N2S. The summed E-state index contributed by atoms with van der Waals surface area (Å²) in [7, 11) is 4.29. The van der Waals surface area contributed by atoms with Crippen molar-refractivity contribution in [2.45, 2.75) is 77.3 Å². The van der Waals surface area contributed by atoms with Crippen molar-refractivity contribution in [1.82, 2.24) is 0 Å². The van der Waals surface area contributed by atoms with Gasteiger partial charge in [-0.15, -0.1) is 0 Å². The lowest BCUT2D eigenvalue weighted by Crippen LogP contribution is -2.96. The van der Waals surface area contributed by atoms with Crippen molar-refractivity contribution in [3.63, 3.8) is 0 Å². The molecule has 0 saturated heterocycles. The van der Waals surface area contributed by atoms with E-state index < -0.39 is 0 Å². The molecule has 0 aromatic carbocycles. The quantitative estimate of drug-likeness (QED) is 0.443. The molecule has 0 bridgehead atoms. The van der Waals surface area contributed by atoms with Crippen LogP contribution >= 0.6 is 12.2 Å². The molecule has 2 N–H and O–H groups in total. The van der Waals surface area contributed by atoms with Gasteiger partial charge in [-0.1, -0.05) is 13.8 Å². The molecule has 10 unspecified atom stereocenters. The maximum absolute atomic E-state index is 5.04. The Balaban J connectivity index is 1.77. The van der Waals surface area contributed by atoms with Gasteiger partial charge in [-0.25, -0.2) is 4.99 Å². The number of nitrogens with two attached hydrogens (primary N) is 1. The third-order valence-electron chi connectivity index (χ3n) is 9.65. The Morgan fingerprint density at radius 1 is 1.08 bits per heavy atom. The van der Waals surface area contributed by atoms with Crippen LogP contribution in [0.15, 0.2) is 4.99 Å². The molecule has 0 amide bonds. The molecule has 0 spiro atoms. The summed E-state index contributed by atoms with van der Waals surface area (Å²) < 4.78 is 0. The standard InChI is InChI=1S/C22H36N2S/c1-13-10-15-11-14(2)22(4,23-5)18-7-6-17-20(19(15)18)16(13)8-9-21(17,3)24-12-25/h13-20H,5-11,23H2,1-4H3. The normalized spacial score (nSPS) is 57.3. The van der Waals surface area contributed by atoms with Gasteiger partial charge in [0.05, 0.1) is 16.2 Å². The average Bonchev–Trinajstić information content (AvgIpc) is 2.58. The molecule has 0 heterocycles. The van der Waals surface area contributed by atoms with Gasteiger partial charge in [-0.3, -0.25) is 0 Å². The number of aliphatic imine (C=N–C) groups is 1. The van der Waals surface area contributed by atoms with Crippen LogP contribution in [-0.4, -0.2) is 16.2 Å². The highest BCUT2D eigenvalue weighted by molar-refractivity contribution is 7.78. The molecule has 10 atom stereocenters. The Morgan fingerprint density at radius 3 is 2.48 bits per heavy atom. The van der Waals surface area contributed by atoms with Crippen LogP contribution in [-0.2, 0) is 0 Å². The minimum absolute atomic E-state index is 0.0448. The first kappa shape index (κ1) is 18.1. The first-order valence-electron chi connectivity index (χ1n) is 10.6. The molecule has 25 heavy (non-hydrogen) atoms. The van der Waals surface area contributed by atoms with Crippen LogP contribution < -0.4 is 5.32 Å². The summed E-state index contributed by atoms with van der Waals surface area (Å²) in [4.78, 5) is 4.76. The molecule has 0 aromatic rings. The topological polar surface area (TPSA) is 29.0 Å². The Kier molecular flexibility index (Phi) is 4.46. The van der Waals surface area contributed by atoms with Crippen LogP contribution in [0.25, 0.3) is 0 Å². The molecule has 0 aromatic heterocycles. The van der Waals surface area contributed by atoms with E-state index in [1.165, 1.54) is 38.5 Å². The van der Waals surface area contributed by atoms with Crippen LogP contribution in [0.1, 0.15) is 66.2 Å². The van der Waals surface area contributed by atoms with E-state index in [1.54, 1.807) is 0 Å². The van der Waals surface area contributed by atoms with Gasteiger partial charge in [0, 0.05) is 11.8 Å². The van der Waals surface area contributed by atoms with Gasteiger partial charge in [0.1, 0.15) is 0 Å². The summed E-state index contributed by atoms with van der Waals surface area (Å²) in [6, 6.07) is 0. The highest BCUT2D eigenvalue weighted by atomic mass is 32.1. The van der Waals surface area contributed by atoms with Crippen LogP contribution in [0, 0.1) is 54.4 Å². The second kappa shape index (κ2) is 6.14. The van der Waals surface area contributed by atoms with E-state index in [-0.39, 0.29) is 5.54 Å². The molecule has 4 saturated carbocycles. The smallest absolute Gasteiger partial charge is 0.0752 e. The predicted molar refractivity (Wildman–Crippen MR) is 106 cm³/mol. The summed E-state index contributed by atoms with van der Waals surface area (Å²) in [5.74, 6) is 6.77. The van der Waals surface area contributed by atoms with Gasteiger partial charge in [-0.05, 0) is 100 Å². The molecule has 140 valence electrons. The van der Waals surface area contributed by atoms with Crippen molar-refractivity contribution < 1.29 is 5.32 Å².